The molecular weight excluding hydrogens is 172 g/mol. The minimum absolute atomic E-state index is 0.0655. The van der Waals surface area contributed by atoms with Gasteiger partial charge in [-0.05, 0) is 0 Å². The molecule has 0 rings (SSSR count). The van der Waals surface area contributed by atoms with Crippen LogP contribution in [0.2, 0.25) is 0 Å². The molecule has 0 atom stereocenters. The van der Waals surface area contributed by atoms with Gasteiger partial charge in [0.1, 0.15) is 0 Å². The first-order valence-electron chi connectivity index (χ1n) is 3.98. The van der Waals surface area contributed by atoms with Gasteiger partial charge in [0, 0.05) is 5.41 Å². The van der Waals surface area contributed by atoms with Crippen LogP contribution in [0.4, 0.5) is 0 Å². The molecule has 0 aromatic carbocycles. The highest BCUT2D eigenvalue weighted by atomic mass is 16.6. The van der Waals surface area contributed by atoms with Crippen LogP contribution in [-0.2, 0) is 14.4 Å². The van der Waals surface area contributed by atoms with Gasteiger partial charge < -0.3 is 5.32 Å². The quantitative estimate of drug-likeness (QED) is 0.604. The average Bonchev–Trinajstić information content (AvgIpc) is 1.99. The van der Waals surface area contributed by atoms with Gasteiger partial charge in [-0.25, -0.2) is 5.48 Å². The highest BCUT2D eigenvalue weighted by Crippen LogP contribution is 2.11. The van der Waals surface area contributed by atoms with Gasteiger partial charge in [-0.15, -0.1) is 0 Å². The molecule has 0 saturated heterocycles. The zero-order valence-electron chi connectivity index (χ0n) is 8.43. The van der Waals surface area contributed by atoms with Gasteiger partial charge in [-0.3, -0.25) is 14.4 Å². The molecule has 5 nitrogen and oxygen atoms in total. The Morgan fingerprint density at radius 1 is 1.31 bits per heavy atom. The molecular formula is C8H16N2O3. The lowest BCUT2D eigenvalue weighted by Crippen LogP contribution is -2.41. The smallest absolute Gasteiger partial charge is 0.262 e. The third-order valence-corrected chi connectivity index (χ3v) is 1.31. The van der Waals surface area contributed by atoms with E-state index in [2.05, 4.69) is 15.6 Å². The number of hydrogen-bond acceptors (Lipinski definition) is 3. The van der Waals surface area contributed by atoms with Crippen molar-refractivity contribution >= 4 is 11.8 Å². The Labute approximate surface area is 77.8 Å². The van der Waals surface area contributed by atoms with E-state index in [1.807, 2.05) is 0 Å². The Morgan fingerprint density at radius 3 is 2.23 bits per heavy atom. The SMILES string of the molecule is CONC(=O)CNC(=O)C(C)(C)C. The Hall–Kier alpha value is -1.10. The first kappa shape index (κ1) is 11.9. The minimum atomic E-state index is -0.479. The number of amides is 2. The molecule has 0 aromatic rings. The van der Waals surface area contributed by atoms with Crippen LogP contribution >= 0.6 is 0 Å². The van der Waals surface area contributed by atoms with Crippen LogP contribution in [0.3, 0.4) is 0 Å². The number of hydrogen-bond donors (Lipinski definition) is 2. The Balaban J connectivity index is 3.77. The Bertz CT molecular complexity index is 196. The molecule has 0 radical (unpaired) electrons. The van der Waals surface area contributed by atoms with E-state index in [1.54, 1.807) is 20.8 Å². The second kappa shape index (κ2) is 4.81. The molecule has 0 aliphatic rings. The summed E-state index contributed by atoms with van der Waals surface area (Å²) in [6, 6.07) is 0. The lowest BCUT2D eigenvalue weighted by molar-refractivity contribution is -0.135. The standard InChI is InChI=1S/C8H16N2O3/c1-8(2,3)7(12)9-5-6(11)10-13-4/h5H2,1-4H3,(H,9,12)(H,10,11). The first-order chi connectivity index (χ1) is 5.88. The molecule has 13 heavy (non-hydrogen) atoms. The molecule has 2 amide bonds. The summed E-state index contributed by atoms with van der Waals surface area (Å²) in [7, 11) is 1.34. The topological polar surface area (TPSA) is 67.4 Å². The maximum Gasteiger partial charge on any atom is 0.262 e. The van der Waals surface area contributed by atoms with Crippen LogP contribution < -0.4 is 10.8 Å². The summed E-state index contributed by atoms with van der Waals surface area (Å²) >= 11 is 0. The zero-order valence-corrected chi connectivity index (χ0v) is 8.43. The fourth-order valence-electron chi connectivity index (χ4n) is 0.576. The number of carbonyl (C=O) groups is 2. The molecule has 0 aliphatic heterocycles. The fraction of sp³-hybridized carbons (Fsp3) is 0.750. The highest BCUT2D eigenvalue weighted by Gasteiger charge is 2.21. The van der Waals surface area contributed by atoms with Crippen molar-refractivity contribution in [3.63, 3.8) is 0 Å². The number of rotatable bonds is 3. The van der Waals surface area contributed by atoms with E-state index in [1.165, 1.54) is 7.11 Å². The maximum absolute atomic E-state index is 11.2. The minimum Gasteiger partial charge on any atom is -0.346 e. The van der Waals surface area contributed by atoms with Crippen molar-refractivity contribution in [2.24, 2.45) is 5.41 Å². The number of nitrogens with one attached hydrogen (secondary N) is 2. The van der Waals surface area contributed by atoms with Crippen LogP contribution in [0.1, 0.15) is 20.8 Å². The predicted octanol–water partition coefficient (Wildman–Crippen LogP) is -0.174. The van der Waals surface area contributed by atoms with E-state index in [0.29, 0.717) is 0 Å². The molecule has 0 aromatic heterocycles. The van der Waals surface area contributed by atoms with Crippen molar-refractivity contribution in [1.82, 2.24) is 10.8 Å². The van der Waals surface area contributed by atoms with E-state index in [9.17, 15) is 9.59 Å². The summed E-state index contributed by atoms with van der Waals surface area (Å²) in [4.78, 5) is 26.4. The molecule has 0 aliphatic carbocycles. The first-order valence-corrected chi connectivity index (χ1v) is 3.98. The van der Waals surface area contributed by atoms with Crippen LogP contribution in [-0.4, -0.2) is 25.5 Å². The van der Waals surface area contributed by atoms with Gasteiger partial charge in [0.05, 0.1) is 13.7 Å². The van der Waals surface area contributed by atoms with Crippen molar-refractivity contribution in [2.45, 2.75) is 20.8 Å². The zero-order chi connectivity index (χ0) is 10.5. The summed E-state index contributed by atoms with van der Waals surface area (Å²) in [6.07, 6.45) is 0. The van der Waals surface area contributed by atoms with Crippen LogP contribution in [0.5, 0.6) is 0 Å². The summed E-state index contributed by atoms with van der Waals surface area (Å²) in [6.45, 7) is 5.26. The molecule has 0 saturated carbocycles. The average molecular weight is 188 g/mol. The lowest BCUT2D eigenvalue weighted by Gasteiger charge is -2.16. The van der Waals surface area contributed by atoms with Gasteiger partial charge in [0.15, 0.2) is 0 Å². The summed E-state index contributed by atoms with van der Waals surface area (Å²) in [5, 5.41) is 2.48. The fourth-order valence-corrected chi connectivity index (χ4v) is 0.576. The Morgan fingerprint density at radius 2 is 1.85 bits per heavy atom. The molecule has 0 fully saturated rings. The predicted molar refractivity (Wildman–Crippen MR) is 47.6 cm³/mol. The highest BCUT2D eigenvalue weighted by molar-refractivity contribution is 5.86. The van der Waals surface area contributed by atoms with Gasteiger partial charge in [-0.2, -0.15) is 0 Å². The molecule has 0 heterocycles. The molecule has 0 unspecified atom stereocenters. The molecule has 2 N–H and O–H groups in total. The summed E-state index contributed by atoms with van der Waals surface area (Å²) < 4.78 is 0. The van der Waals surface area contributed by atoms with Crippen molar-refractivity contribution in [2.75, 3.05) is 13.7 Å². The van der Waals surface area contributed by atoms with Crippen molar-refractivity contribution in [3.8, 4) is 0 Å². The van der Waals surface area contributed by atoms with E-state index in [4.69, 9.17) is 0 Å². The normalized spacial score (nSPS) is 10.8. The van der Waals surface area contributed by atoms with Crippen molar-refractivity contribution in [3.05, 3.63) is 0 Å². The third-order valence-electron chi connectivity index (χ3n) is 1.31. The van der Waals surface area contributed by atoms with E-state index >= 15 is 0 Å². The van der Waals surface area contributed by atoms with E-state index in [0.717, 1.165) is 0 Å². The van der Waals surface area contributed by atoms with Gasteiger partial charge >= 0.3 is 0 Å². The van der Waals surface area contributed by atoms with Gasteiger partial charge in [-0.1, -0.05) is 20.8 Å². The van der Waals surface area contributed by atoms with Crippen LogP contribution in [0, 0.1) is 5.41 Å². The van der Waals surface area contributed by atoms with E-state index in [-0.39, 0.29) is 18.4 Å². The van der Waals surface area contributed by atoms with Crippen LogP contribution in [0.15, 0.2) is 0 Å². The molecule has 0 bridgehead atoms. The second-order valence-electron chi connectivity index (χ2n) is 3.66. The van der Waals surface area contributed by atoms with Crippen molar-refractivity contribution in [1.29, 1.82) is 0 Å². The largest absolute Gasteiger partial charge is 0.346 e. The summed E-state index contributed by atoms with van der Waals surface area (Å²) in [5.41, 5.74) is 1.62. The lowest BCUT2D eigenvalue weighted by atomic mass is 9.96. The van der Waals surface area contributed by atoms with E-state index < -0.39 is 5.41 Å². The van der Waals surface area contributed by atoms with Crippen LogP contribution in [0.25, 0.3) is 0 Å². The third kappa shape index (κ3) is 5.19. The van der Waals surface area contributed by atoms with Gasteiger partial charge in [0.2, 0.25) is 5.91 Å². The number of carbonyl (C=O) groups excluding carboxylic acids is 2. The van der Waals surface area contributed by atoms with Crippen molar-refractivity contribution < 1.29 is 14.4 Å². The molecule has 5 heteroatoms. The Kier molecular flexibility index (Phi) is 4.40. The molecule has 0 spiro atoms. The monoisotopic (exact) mass is 188 g/mol. The maximum atomic E-state index is 11.2. The second-order valence-corrected chi connectivity index (χ2v) is 3.66. The molecule has 76 valence electrons. The van der Waals surface area contributed by atoms with Gasteiger partial charge in [0.25, 0.3) is 5.91 Å². The number of hydroxylamine groups is 1. The summed E-state index contributed by atoms with van der Waals surface area (Å²) in [5.74, 6) is -0.543.